The van der Waals surface area contributed by atoms with E-state index in [1.54, 1.807) is 17.4 Å². The Morgan fingerprint density at radius 2 is 2.12 bits per heavy atom. The molecule has 4 rings (SSSR count). The summed E-state index contributed by atoms with van der Waals surface area (Å²) >= 11 is 1.76. The maximum absolute atomic E-state index is 13.5. The lowest BCUT2D eigenvalue weighted by Crippen LogP contribution is -2.48. The van der Waals surface area contributed by atoms with Crippen LogP contribution in [-0.2, 0) is 16.0 Å². The molecule has 1 aromatic carbocycles. The van der Waals surface area contributed by atoms with Gasteiger partial charge in [0.15, 0.2) is 0 Å². The maximum Gasteiger partial charge on any atom is 0.237 e. The minimum absolute atomic E-state index is 0.0930. The summed E-state index contributed by atoms with van der Waals surface area (Å²) in [7, 11) is 0. The molecule has 2 unspecified atom stereocenters. The molecule has 1 aliphatic carbocycles. The Morgan fingerprint density at radius 1 is 1.33 bits per heavy atom. The highest BCUT2D eigenvalue weighted by molar-refractivity contribution is 7.10. The summed E-state index contributed by atoms with van der Waals surface area (Å²) in [5.41, 5.74) is 2.39. The van der Waals surface area contributed by atoms with Gasteiger partial charge in [0.05, 0.1) is 31.9 Å². The zero-order valence-electron chi connectivity index (χ0n) is 19.3. The van der Waals surface area contributed by atoms with Crippen molar-refractivity contribution in [3.05, 3.63) is 64.4 Å². The molecule has 2 aliphatic rings. The molecule has 6 nitrogen and oxygen atoms in total. The molecule has 7 heteroatoms. The number of nitrogens with zero attached hydrogens (tertiary/aromatic N) is 2. The first-order valence-corrected chi connectivity index (χ1v) is 12.6. The van der Waals surface area contributed by atoms with Crippen molar-refractivity contribution in [1.82, 2.24) is 9.80 Å². The van der Waals surface area contributed by atoms with Gasteiger partial charge in [-0.25, -0.2) is 0 Å². The van der Waals surface area contributed by atoms with Crippen LogP contribution in [0, 0.1) is 6.92 Å². The van der Waals surface area contributed by atoms with E-state index in [2.05, 4.69) is 29.8 Å². The number of thiophene rings is 1. The van der Waals surface area contributed by atoms with Crippen molar-refractivity contribution >= 4 is 17.2 Å². The SMILES string of the molecule is C=CCOCC(O)CN(CC(=O)N1CCc2sccc2C1COc1ccc(C)cc1)C1CC1. The average molecular weight is 471 g/mol. The van der Waals surface area contributed by atoms with Gasteiger partial charge in [-0.3, -0.25) is 9.69 Å². The van der Waals surface area contributed by atoms with E-state index in [1.165, 1.54) is 16.0 Å². The van der Waals surface area contributed by atoms with Crippen LogP contribution in [0.15, 0.2) is 48.4 Å². The number of hydrogen-bond acceptors (Lipinski definition) is 6. The van der Waals surface area contributed by atoms with Crippen molar-refractivity contribution in [2.24, 2.45) is 0 Å². The van der Waals surface area contributed by atoms with Crippen LogP contribution in [0.3, 0.4) is 0 Å². The standard InChI is InChI=1S/C26H34N2O4S/c1-3-13-31-17-21(29)15-27(20-6-7-20)16-26(30)28-12-10-25-23(11-14-33-25)24(28)18-32-22-8-4-19(2)5-9-22/h3-5,8-9,11,14,20-21,24,29H,1,6-7,10,12-13,15-18H2,2H3. The number of ether oxygens (including phenoxy) is 2. The highest BCUT2D eigenvalue weighted by atomic mass is 32.1. The minimum atomic E-state index is -0.621. The lowest BCUT2D eigenvalue weighted by atomic mass is 10.0. The van der Waals surface area contributed by atoms with Crippen LogP contribution < -0.4 is 4.74 Å². The molecule has 1 aromatic heterocycles. The fraction of sp³-hybridized carbons (Fsp3) is 0.500. The summed E-state index contributed by atoms with van der Waals surface area (Å²) < 4.78 is 11.5. The molecule has 1 amide bonds. The van der Waals surface area contributed by atoms with Gasteiger partial charge >= 0.3 is 0 Å². The van der Waals surface area contributed by atoms with E-state index >= 15 is 0 Å². The van der Waals surface area contributed by atoms with E-state index in [0.717, 1.165) is 25.0 Å². The Morgan fingerprint density at radius 3 is 2.85 bits per heavy atom. The minimum Gasteiger partial charge on any atom is -0.491 e. The Hall–Kier alpha value is -2.19. The van der Waals surface area contributed by atoms with Crippen molar-refractivity contribution < 1.29 is 19.4 Å². The first kappa shape index (κ1) is 24.0. The van der Waals surface area contributed by atoms with E-state index in [9.17, 15) is 9.90 Å². The van der Waals surface area contributed by atoms with Gasteiger partial charge in [-0.1, -0.05) is 23.8 Å². The molecule has 1 fully saturated rings. The van der Waals surface area contributed by atoms with Gasteiger partial charge in [-0.15, -0.1) is 17.9 Å². The third kappa shape index (κ3) is 6.44. The number of hydrogen-bond donors (Lipinski definition) is 1. The summed E-state index contributed by atoms with van der Waals surface area (Å²) in [6, 6.07) is 10.4. The van der Waals surface area contributed by atoms with Gasteiger partial charge < -0.3 is 19.5 Å². The lowest BCUT2D eigenvalue weighted by molar-refractivity contribution is -0.136. The van der Waals surface area contributed by atoms with Gasteiger partial charge in [0.2, 0.25) is 5.91 Å². The Kier molecular flexibility index (Phi) is 8.20. The molecule has 0 bridgehead atoms. The van der Waals surface area contributed by atoms with Gasteiger partial charge in [-0.2, -0.15) is 0 Å². The van der Waals surface area contributed by atoms with Gasteiger partial charge in [0, 0.05) is 24.0 Å². The second-order valence-electron chi connectivity index (χ2n) is 8.92. The topological polar surface area (TPSA) is 62.2 Å². The quantitative estimate of drug-likeness (QED) is 0.379. The number of aliphatic hydroxyl groups is 1. The van der Waals surface area contributed by atoms with Crippen LogP contribution in [0.1, 0.15) is 34.9 Å². The first-order chi connectivity index (χ1) is 16.0. The zero-order chi connectivity index (χ0) is 23.2. The predicted molar refractivity (Wildman–Crippen MR) is 131 cm³/mol. The third-order valence-corrected chi connectivity index (χ3v) is 7.23. The van der Waals surface area contributed by atoms with Crippen molar-refractivity contribution in [3.8, 4) is 5.75 Å². The molecule has 0 spiro atoms. The summed E-state index contributed by atoms with van der Waals surface area (Å²) in [6.45, 7) is 8.22. The molecule has 33 heavy (non-hydrogen) atoms. The monoisotopic (exact) mass is 470 g/mol. The molecule has 1 N–H and O–H groups in total. The second-order valence-corrected chi connectivity index (χ2v) is 9.92. The molecular formula is C26H34N2O4S. The van der Waals surface area contributed by atoms with Gasteiger partial charge in [0.25, 0.3) is 0 Å². The second kappa shape index (κ2) is 11.3. The maximum atomic E-state index is 13.5. The van der Waals surface area contributed by atoms with E-state index < -0.39 is 6.10 Å². The van der Waals surface area contributed by atoms with Gasteiger partial charge in [-0.05, 0) is 55.3 Å². The summed E-state index contributed by atoms with van der Waals surface area (Å²) in [4.78, 5) is 18.9. The van der Waals surface area contributed by atoms with E-state index in [1.807, 2.05) is 29.2 Å². The van der Waals surface area contributed by atoms with Crippen molar-refractivity contribution in [3.63, 3.8) is 0 Å². The lowest BCUT2D eigenvalue weighted by Gasteiger charge is -2.37. The molecule has 1 saturated carbocycles. The van der Waals surface area contributed by atoms with Crippen LogP contribution in [0.25, 0.3) is 0 Å². The molecule has 2 aromatic rings. The van der Waals surface area contributed by atoms with Crippen LogP contribution in [0.2, 0.25) is 0 Å². The number of amides is 1. The van der Waals surface area contributed by atoms with E-state index in [-0.39, 0.29) is 18.6 Å². The molecule has 0 radical (unpaired) electrons. The molecule has 178 valence electrons. The average Bonchev–Trinajstić information content (AvgIpc) is 3.55. The third-order valence-electron chi connectivity index (χ3n) is 6.24. The highest BCUT2D eigenvalue weighted by Crippen LogP contribution is 2.34. The van der Waals surface area contributed by atoms with Crippen molar-refractivity contribution in [2.45, 2.75) is 44.4 Å². The summed E-state index contributed by atoms with van der Waals surface area (Å²) in [5, 5.41) is 12.5. The van der Waals surface area contributed by atoms with Gasteiger partial charge in [0.1, 0.15) is 12.4 Å². The normalized spacial score (nSPS) is 18.8. The number of benzene rings is 1. The molecular weight excluding hydrogens is 436 g/mol. The largest absolute Gasteiger partial charge is 0.491 e. The molecule has 2 atom stereocenters. The number of aliphatic hydroxyl groups excluding tert-OH is 1. The fourth-order valence-electron chi connectivity index (χ4n) is 4.34. The zero-order valence-corrected chi connectivity index (χ0v) is 20.1. The van der Waals surface area contributed by atoms with Crippen molar-refractivity contribution in [2.75, 3.05) is 39.5 Å². The fourth-order valence-corrected chi connectivity index (χ4v) is 5.27. The number of carbonyl (C=O) groups is 1. The van der Waals surface area contributed by atoms with Crippen LogP contribution >= 0.6 is 11.3 Å². The Balaban J connectivity index is 1.41. The van der Waals surface area contributed by atoms with E-state index in [0.29, 0.717) is 38.9 Å². The highest BCUT2D eigenvalue weighted by Gasteiger charge is 2.36. The Bertz CT molecular complexity index is 925. The molecule has 1 aliphatic heterocycles. The number of fused-ring (bicyclic) bond motifs is 1. The summed E-state index contributed by atoms with van der Waals surface area (Å²) in [6.07, 6.45) is 4.07. The molecule has 2 heterocycles. The van der Waals surface area contributed by atoms with Crippen LogP contribution in [-0.4, -0.2) is 72.4 Å². The number of rotatable bonds is 12. The van der Waals surface area contributed by atoms with Crippen molar-refractivity contribution in [1.29, 1.82) is 0 Å². The predicted octanol–water partition coefficient (Wildman–Crippen LogP) is 3.59. The smallest absolute Gasteiger partial charge is 0.237 e. The first-order valence-electron chi connectivity index (χ1n) is 11.7. The summed E-state index contributed by atoms with van der Waals surface area (Å²) in [5.74, 6) is 0.910. The molecule has 0 saturated heterocycles. The number of carbonyl (C=O) groups excluding carboxylic acids is 1. The number of aryl methyl sites for hydroxylation is 1. The van der Waals surface area contributed by atoms with E-state index in [4.69, 9.17) is 9.47 Å². The van der Waals surface area contributed by atoms with Crippen LogP contribution in [0.4, 0.5) is 0 Å². The van der Waals surface area contributed by atoms with Crippen LogP contribution in [0.5, 0.6) is 5.75 Å². The Labute approximate surface area is 200 Å².